The molecule has 0 spiro atoms. The zero-order chi connectivity index (χ0) is 13.0. The average Bonchev–Trinajstić information content (AvgIpc) is 2.28. The number of benzene rings is 1. The third-order valence-electron chi connectivity index (χ3n) is 2.68. The van der Waals surface area contributed by atoms with E-state index in [1.807, 2.05) is 0 Å². The van der Waals surface area contributed by atoms with Gasteiger partial charge in [-0.3, -0.25) is 0 Å². The molecule has 94 valence electrons. The van der Waals surface area contributed by atoms with E-state index in [2.05, 4.69) is 0 Å². The Morgan fingerprint density at radius 3 is 2.59 bits per heavy atom. The summed E-state index contributed by atoms with van der Waals surface area (Å²) in [5.74, 6) is -1.12. The molecule has 2 atom stereocenters. The summed E-state index contributed by atoms with van der Waals surface area (Å²) in [5.41, 5.74) is 6.19. The van der Waals surface area contributed by atoms with Crippen molar-refractivity contribution in [1.29, 1.82) is 0 Å². The highest BCUT2D eigenvalue weighted by Gasteiger charge is 2.24. The smallest absolute Gasteiger partial charge is 0.336 e. The van der Waals surface area contributed by atoms with Crippen LogP contribution in [0.5, 0.6) is 0 Å². The monoisotopic (exact) mass is 239 g/mol. The maximum Gasteiger partial charge on any atom is 0.336 e. The molecule has 0 radical (unpaired) electrons. The molecule has 0 fully saturated rings. The molecule has 0 bridgehead atoms. The summed E-state index contributed by atoms with van der Waals surface area (Å²) in [4.78, 5) is 11.0. The number of carboxylic acid groups (broad SMARTS) is 1. The van der Waals surface area contributed by atoms with Gasteiger partial charge in [0.15, 0.2) is 0 Å². The van der Waals surface area contributed by atoms with E-state index in [9.17, 15) is 15.0 Å². The highest BCUT2D eigenvalue weighted by molar-refractivity contribution is 5.90. The van der Waals surface area contributed by atoms with Crippen molar-refractivity contribution in [3.05, 3.63) is 34.9 Å². The van der Waals surface area contributed by atoms with Gasteiger partial charge in [-0.05, 0) is 31.5 Å². The predicted octanol–water partition coefficient (Wildman–Crippen LogP) is 0.436. The number of hydrogen-bond acceptors (Lipinski definition) is 4. The number of rotatable bonds is 5. The topological polar surface area (TPSA) is 104 Å². The fraction of sp³-hybridized carbons (Fsp3) is 0.417. The maximum atomic E-state index is 11.0. The van der Waals surface area contributed by atoms with Gasteiger partial charge in [0, 0.05) is 5.56 Å². The van der Waals surface area contributed by atoms with Gasteiger partial charge in [0.25, 0.3) is 0 Å². The summed E-state index contributed by atoms with van der Waals surface area (Å²) < 4.78 is 0. The van der Waals surface area contributed by atoms with Gasteiger partial charge in [0.1, 0.15) is 6.10 Å². The Bertz CT molecular complexity index is 405. The van der Waals surface area contributed by atoms with E-state index < -0.39 is 18.2 Å². The number of aliphatic hydroxyl groups is 2. The van der Waals surface area contributed by atoms with Crippen LogP contribution in [-0.2, 0) is 0 Å². The second kappa shape index (κ2) is 5.77. The minimum Gasteiger partial charge on any atom is -0.478 e. The zero-order valence-electron chi connectivity index (χ0n) is 9.63. The Morgan fingerprint density at radius 2 is 2.06 bits per heavy atom. The molecule has 5 N–H and O–H groups in total. The van der Waals surface area contributed by atoms with Crippen molar-refractivity contribution in [3.8, 4) is 0 Å². The van der Waals surface area contributed by atoms with Crippen LogP contribution in [0, 0.1) is 6.92 Å². The van der Waals surface area contributed by atoms with E-state index in [0.717, 1.165) is 0 Å². The Kier molecular flexibility index (Phi) is 4.62. The molecule has 1 aromatic carbocycles. The van der Waals surface area contributed by atoms with Gasteiger partial charge >= 0.3 is 5.97 Å². The van der Waals surface area contributed by atoms with Gasteiger partial charge in [0.2, 0.25) is 0 Å². The summed E-state index contributed by atoms with van der Waals surface area (Å²) in [7, 11) is 0. The van der Waals surface area contributed by atoms with Gasteiger partial charge in [-0.2, -0.15) is 0 Å². The molecule has 1 rings (SSSR count). The molecular formula is C12H17NO4. The van der Waals surface area contributed by atoms with E-state index >= 15 is 0 Å². The largest absolute Gasteiger partial charge is 0.478 e. The van der Waals surface area contributed by atoms with Crippen LogP contribution in [0.25, 0.3) is 0 Å². The SMILES string of the molecule is Cc1cccc(C(=O)O)c1C(O)C(O)CCN. The Hall–Kier alpha value is -1.43. The van der Waals surface area contributed by atoms with Crippen molar-refractivity contribution in [1.82, 2.24) is 0 Å². The predicted molar refractivity (Wildman–Crippen MR) is 62.8 cm³/mol. The van der Waals surface area contributed by atoms with Crippen LogP contribution in [0.3, 0.4) is 0 Å². The summed E-state index contributed by atoms with van der Waals surface area (Å²) >= 11 is 0. The fourth-order valence-corrected chi connectivity index (χ4v) is 1.78. The van der Waals surface area contributed by atoms with E-state index in [4.69, 9.17) is 10.8 Å². The highest BCUT2D eigenvalue weighted by Crippen LogP contribution is 2.26. The summed E-state index contributed by atoms with van der Waals surface area (Å²) in [6, 6.07) is 4.70. The molecule has 5 heteroatoms. The third kappa shape index (κ3) is 3.03. The zero-order valence-corrected chi connectivity index (χ0v) is 9.63. The Labute approximate surface area is 99.5 Å². The minimum absolute atomic E-state index is 0.00794. The highest BCUT2D eigenvalue weighted by atomic mass is 16.4. The second-order valence-electron chi connectivity index (χ2n) is 3.93. The Morgan fingerprint density at radius 1 is 1.41 bits per heavy atom. The molecule has 0 aromatic heterocycles. The second-order valence-corrected chi connectivity index (χ2v) is 3.93. The van der Waals surface area contributed by atoms with Crippen molar-refractivity contribution >= 4 is 5.97 Å². The first kappa shape index (κ1) is 13.6. The molecule has 0 amide bonds. The van der Waals surface area contributed by atoms with Crippen molar-refractivity contribution < 1.29 is 20.1 Å². The first-order valence-electron chi connectivity index (χ1n) is 5.38. The first-order valence-corrected chi connectivity index (χ1v) is 5.38. The van der Waals surface area contributed by atoms with Crippen molar-refractivity contribution in [3.63, 3.8) is 0 Å². The molecule has 1 aromatic rings. The molecule has 0 saturated heterocycles. The van der Waals surface area contributed by atoms with Gasteiger partial charge < -0.3 is 21.1 Å². The first-order chi connectivity index (χ1) is 7.99. The quantitative estimate of drug-likeness (QED) is 0.596. The van der Waals surface area contributed by atoms with Crippen LogP contribution in [0.2, 0.25) is 0 Å². The van der Waals surface area contributed by atoms with Crippen molar-refractivity contribution in [2.75, 3.05) is 6.54 Å². The maximum absolute atomic E-state index is 11.0. The molecule has 0 aliphatic carbocycles. The standard InChI is InChI=1S/C12H17NO4/c1-7-3-2-4-8(12(16)17)10(7)11(15)9(14)5-6-13/h2-4,9,11,14-15H,5-6,13H2,1H3,(H,16,17). The minimum atomic E-state index is -1.23. The van der Waals surface area contributed by atoms with Gasteiger partial charge in [-0.1, -0.05) is 12.1 Å². The van der Waals surface area contributed by atoms with Gasteiger partial charge in [-0.25, -0.2) is 4.79 Å². The normalized spacial score (nSPS) is 14.4. The lowest BCUT2D eigenvalue weighted by atomic mass is 9.93. The number of aryl methyl sites for hydroxylation is 1. The Balaban J connectivity index is 3.15. The van der Waals surface area contributed by atoms with Crippen molar-refractivity contribution in [2.24, 2.45) is 5.73 Å². The molecule has 17 heavy (non-hydrogen) atoms. The summed E-state index contributed by atoms with van der Waals surface area (Å²) in [6.07, 6.45) is -2.07. The van der Waals surface area contributed by atoms with Crippen LogP contribution in [0.15, 0.2) is 18.2 Å². The average molecular weight is 239 g/mol. The molecular weight excluding hydrogens is 222 g/mol. The van der Waals surface area contributed by atoms with Crippen LogP contribution in [-0.4, -0.2) is 33.9 Å². The van der Waals surface area contributed by atoms with E-state index in [0.29, 0.717) is 5.56 Å². The van der Waals surface area contributed by atoms with Crippen molar-refractivity contribution in [2.45, 2.75) is 25.6 Å². The lowest BCUT2D eigenvalue weighted by Gasteiger charge is -2.21. The lowest BCUT2D eigenvalue weighted by Crippen LogP contribution is -2.24. The van der Waals surface area contributed by atoms with Crippen LogP contribution in [0.1, 0.15) is 34.0 Å². The molecule has 0 heterocycles. The summed E-state index contributed by atoms with van der Waals surface area (Å²) in [5, 5.41) is 28.7. The molecule has 0 saturated carbocycles. The number of nitrogens with two attached hydrogens (primary N) is 1. The third-order valence-corrected chi connectivity index (χ3v) is 2.68. The van der Waals surface area contributed by atoms with E-state index in [-0.39, 0.29) is 24.1 Å². The van der Waals surface area contributed by atoms with Crippen LogP contribution < -0.4 is 5.73 Å². The number of hydrogen-bond donors (Lipinski definition) is 4. The summed E-state index contributed by atoms with van der Waals surface area (Å²) in [6.45, 7) is 1.92. The lowest BCUT2D eigenvalue weighted by molar-refractivity contribution is 0.0137. The number of carbonyl (C=O) groups is 1. The van der Waals surface area contributed by atoms with E-state index in [1.165, 1.54) is 6.07 Å². The fourth-order valence-electron chi connectivity index (χ4n) is 1.78. The van der Waals surface area contributed by atoms with Crippen LogP contribution >= 0.6 is 0 Å². The molecule has 2 unspecified atom stereocenters. The van der Waals surface area contributed by atoms with Crippen LogP contribution in [0.4, 0.5) is 0 Å². The van der Waals surface area contributed by atoms with Gasteiger partial charge in [-0.15, -0.1) is 0 Å². The molecule has 0 aliphatic heterocycles. The molecule has 5 nitrogen and oxygen atoms in total. The molecule has 0 aliphatic rings. The number of aromatic carboxylic acids is 1. The van der Waals surface area contributed by atoms with Gasteiger partial charge in [0.05, 0.1) is 11.7 Å². The number of aliphatic hydroxyl groups excluding tert-OH is 2. The van der Waals surface area contributed by atoms with E-state index in [1.54, 1.807) is 19.1 Å². The number of carboxylic acids is 1.